The molecule has 4 fully saturated rings. The van der Waals surface area contributed by atoms with Crippen molar-refractivity contribution in [2.45, 2.75) is 128 Å². The van der Waals surface area contributed by atoms with E-state index in [1.165, 1.54) is 14.2 Å². The number of H-pyrrole nitrogens is 2. The van der Waals surface area contributed by atoms with Crippen molar-refractivity contribution >= 4 is 46.8 Å². The Morgan fingerprint density at radius 1 is 0.738 bits per heavy atom. The van der Waals surface area contributed by atoms with Crippen LogP contribution < -0.4 is 15.5 Å². The van der Waals surface area contributed by atoms with Gasteiger partial charge in [-0.2, -0.15) is 0 Å². The Labute approximate surface area is 379 Å². The van der Waals surface area contributed by atoms with Gasteiger partial charge >= 0.3 is 12.2 Å². The molecular formula is C49H62FN9O6. The van der Waals surface area contributed by atoms with Crippen LogP contribution in [0.25, 0.3) is 17.1 Å². The van der Waals surface area contributed by atoms with Crippen LogP contribution in [0.1, 0.15) is 137 Å². The van der Waals surface area contributed by atoms with Crippen LogP contribution in [0.3, 0.4) is 0 Å². The quantitative estimate of drug-likeness (QED) is 0.110. The van der Waals surface area contributed by atoms with Crippen LogP contribution in [0.5, 0.6) is 0 Å². The van der Waals surface area contributed by atoms with E-state index in [9.17, 15) is 19.2 Å². The number of likely N-dealkylation sites (tertiary alicyclic amines) is 2. The lowest BCUT2D eigenvalue weighted by Gasteiger charge is -2.37. The molecule has 2 aromatic carbocycles. The number of benzene rings is 2. The molecule has 0 bridgehead atoms. The monoisotopic (exact) mass is 891 g/mol. The number of amides is 4. The fraction of sp³-hybridized carbons (Fsp3) is 0.551. The van der Waals surface area contributed by atoms with Crippen molar-refractivity contribution in [2.24, 2.45) is 17.8 Å². The van der Waals surface area contributed by atoms with Crippen molar-refractivity contribution in [2.75, 3.05) is 32.2 Å². The molecule has 1 unspecified atom stereocenters. The van der Waals surface area contributed by atoms with Gasteiger partial charge in [-0.1, -0.05) is 45.9 Å². The second-order valence-electron chi connectivity index (χ2n) is 19.3. The number of nitrogens with zero attached hydrogens (tertiary/aromatic N) is 5. The average molecular weight is 892 g/mol. The second-order valence-corrected chi connectivity index (χ2v) is 19.3. The van der Waals surface area contributed by atoms with Crippen LogP contribution in [0, 0.1) is 23.6 Å². The maximum Gasteiger partial charge on any atom is 0.407 e. The molecule has 9 rings (SSSR count). The van der Waals surface area contributed by atoms with E-state index >= 15 is 4.39 Å². The highest BCUT2D eigenvalue weighted by atomic mass is 19.1. The normalized spacial score (nSPS) is 23.9. The highest BCUT2D eigenvalue weighted by Gasteiger charge is 2.43. The number of hydrogen-bond acceptors (Lipinski definition) is 9. The number of halogens is 1. The number of imidazole rings is 2. The van der Waals surface area contributed by atoms with E-state index in [2.05, 4.69) is 55.9 Å². The summed E-state index contributed by atoms with van der Waals surface area (Å²) in [6.07, 6.45) is 10.7. The fourth-order valence-corrected chi connectivity index (χ4v) is 10.8. The Hall–Kier alpha value is -5.93. The summed E-state index contributed by atoms with van der Waals surface area (Å²) >= 11 is 0. The molecule has 346 valence electrons. The number of fused-ring (bicyclic) bond motifs is 2. The van der Waals surface area contributed by atoms with E-state index in [1.54, 1.807) is 6.07 Å². The zero-order valence-electron chi connectivity index (χ0n) is 38.2. The summed E-state index contributed by atoms with van der Waals surface area (Å²) in [7, 11) is 2.58. The molecule has 65 heavy (non-hydrogen) atoms. The Balaban J connectivity index is 0.974. The minimum absolute atomic E-state index is 0.0169. The first-order valence-electron chi connectivity index (χ1n) is 23.5. The minimum atomic E-state index is -0.728. The molecule has 4 N–H and O–H groups in total. The third-order valence-corrected chi connectivity index (χ3v) is 14.4. The smallest absolute Gasteiger partial charge is 0.407 e. The lowest BCUT2D eigenvalue weighted by Crippen LogP contribution is -2.51. The lowest BCUT2D eigenvalue weighted by atomic mass is 9.88. The Bertz CT molecular complexity index is 2480. The van der Waals surface area contributed by atoms with Crippen molar-refractivity contribution in [3.63, 3.8) is 0 Å². The van der Waals surface area contributed by atoms with Gasteiger partial charge < -0.3 is 44.8 Å². The van der Waals surface area contributed by atoms with Crippen molar-refractivity contribution in [1.29, 1.82) is 0 Å². The molecule has 4 aromatic rings. The van der Waals surface area contributed by atoms with Crippen LogP contribution in [-0.2, 0) is 25.5 Å². The van der Waals surface area contributed by atoms with E-state index in [0.29, 0.717) is 36.9 Å². The maximum absolute atomic E-state index is 16.5. The Kier molecular flexibility index (Phi) is 12.4. The molecule has 1 saturated carbocycles. The molecule has 5 heterocycles. The van der Waals surface area contributed by atoms with Crippen LogP contribution in [0.4, 0.5) is 19.7 Å². The zero-order chi connectivity index (χ0) is 45.7. The van der Waals surface area contributed by atoms with Crippen LogP contribution in [-0.4, -0.2) is 99.2 Å². The number of hydrogen-bond donors (Lipinski definition) is 4. The standard InChI is InChI=1S/C49H62FN9O6/c1-26(2)42(55-48(62)64-5)46(60)57-21-7-9-40(57)44-51-33-16-13-30(24-35(33)53-44)37-19-20-38(59(37)39-18-15-29(23-32(39)50)28-11-12-28)31-14-17-34-36(25-31)54-45(52-34)41-10-8-22-58(41)47(61)43(27(3)4)56-49(63)65-6/h13-18,23-24,26-28,31,37-38,40-43H,7-12,19-22,25H2,1-6H3,(H,51,53)(H,52,54)(H,55,62)(H,56,63)/t31?,37-,38-,40+,41+,42+,43+/m1/s1. The number of nitrogens with one attached hydrogen (secondary N) is 4. The van der Waals surface area contributed by atoms with E-state index in [-0.39, 0.29) is 59.6 Å². The van der Waals surface area contributed by atoms with E-state index < -0.39 is 24.3 Å². The first-order valence-corrected chi connectivity index (χ1v) is 23.5. The van der Waals surface area contributed by atoms with Crippen molar-refractivity contribution in [3.8, 4) is 0 Å². The fourth-order valence-electron chi connectivity index (χ4n) is 10.8. The van der Waals surface area contributed by atoms with Crippen molar-refractivity contribution < 1.29 is 33.0 Å². The molecule has 5 aliphatic rings. The first kappa shape index (κ1) is 44.3. The summed E-state index contributed by atoms with van der Waals surface area (Å²) in [5.74, 6) is 1.13. The molecule has 3 aliphatic heterocycles. The summed E-state index contributed by atoms with van der Waals surface area (Å²) in [5, 5.41) is 5.46. The molecule has 7 atom stereocenters. The molecule has 0 spiro atoms. The molecule has 0 radical (unpaired) electrons. The number of aromatic amines is 2. The summed E-state index contributed by atoms with van der Waals surface area (Å²) in [6, 6.07) is 9.97. The van der Waals surface area contributed by atoms with Gasteiger partial charge in [0.25, 0.3) is 0 Å². The number of methoxy groups -OCH3 is 2. The number of ether oxygens (including phenoxy) is 2. The lowest BCUT2D eigenvalue weighted by molar-refractivity contribution is -0.136. The number of carbonyl (C=O) groups is 4. The van der Waals surface area contributed by atoms with Gasteiger partial charge in [0.05, 0.1) is 54.8 Å². The first-order chi connectivity index (χ1) is 31.3. The van der Waals surface area contributed by atoms with Crippen molar-refractivity contribution in [3.05, 3.63) is 82.5 Å². The van der Waals surface area contributed by atoms with E-state index in [1.807, 2.05) is 49.6 Å². The Morgan fingerprint density at radius 3 is 1.94 bits per heavy atom. The van der Waals surface area contributed by atoms with Gasteiger partial charge in [-0.25, -0.2) is 23.9 Å². The number of aromatic nitrogens is 4. The number of rotatable bonds is 12. The van der Waals surface area contributed by atoms with Gasteiger partial charge in [-0.15, -0.1) is 0 Å². The number of alkyl carbamates (subject to hydrolysis) is 2. The molecule has 4 amide bonds. The molecular weight excluding hydrogens is 830 g/mol. The summed E-state index contributed by atoms with van der Waals surface area (Å²) < 4.78 is 26.2. The molecule has 16 heteroatoms. The third-order valence-electron chi connectivity index (χ3n) is 14.4. The van der Waals surface area contributed by atoms with Gasteiger partial charge in [0, 0.05) is 30.7 Å². The van der Waals surface area contributed by atoms with Crippen molar-refractivity contribution in [1.82, 2.24) is 40.4 Å². The average Bonchev–Trinajstić information content (AvgIpc) is 3.83. The minimum Gasteiger partial charge on any atom is -0.453 e. The highest BCUT2D eigenvalue weighted by molar-refractivity contribution is 5.87. The summed E-state index contributed by atoms with van der Waals surface area (Å²) in [5.41, 5.74) is 6.20. The third kappa shape index (κ3) is 8.67. The number of carbonyl (C=O) groups excluding carboxylic acids is 4. The number of anilines is 1. The summed E-state index contributed by atoms with van der Waals surface area (Å²) in [6.45, 7) is 8.75. The van der Waals surface area contributed by atoms with Gasteiger partial charge in [-0.05, 0) is 117 Å². The Morgan fingerprint density at radius 2 is 1.35 bits per heavy atom. The highest BCUT2D eigenvalue weighted by Crippen LogP contribution is 2.48. The van der Waals surface area contributed by atoms with Gasteiger partial charge in [0.2, 0.25) is 11.8 Å². The van der Waals surface area contributed by atoms with Gasteiger partial charge in [0.1, 0.15) is 29.5 Å². The molecule has 3 saturated heterocycles. The van der Waals surface area contributed by atoms with Crippen LogP contribution >= 0.6 is 0 Å². The maximum atomic E-state index is 16.5. The van der Waals surface area contributed by atoms with Crippen LogP contribution in [0.15, 0.2) is 42.5 Å². The van der Waals surface area contributed by atoms with Crippen LogP contribution in [0.2, 0.25) is 0 Å². The SMILES string of the molecule is COC(=O)N[C@H](C(=O)N1CCC[C@H]1c1nc2c([nH]1)CC([C@H]1CC[C@H](c3ccc4nc([C@@H]5CCCN5C(=O)[C@@H](NC(=O)OC)C(C)C)[nH]c4c3)N1c1ccc(C3CC3)cc1F)C=C2)C(C)C. The van der Waals surface area contributed by atoms with Gasteiger partial charge in [-0.3, -0.25) is 9.59 Å². The predicted molar refractivity (Wildman–Crippen MR) is 243 cm³/mol. The zero-order valence-corrected chi connectivity index (χ0v) is 38.2. The molecule has 2 aromatic heterocycles. The summed E-state index contributed by atoms with van der Waals surface area (Å²) in [4.78, 5) is 75.2. The van der Waals surface area contributed by atoms with E-state index in [0.717, 1.165) is 90.7 Å². The second kappa shape index (κ2) is 18.2. The van der Waals surface area contributed by atoms with E-state index in [4.69, 9.17) is 19.4 Å². The topological polar surface area (TPSA) is 178 Å². The molecule has 2 aliphatic carbocycles. The molecule has 15 nitrogen and oxygen atoms in total. The van der Waals surface area contributed by atoms with Gasteiger partial charge in [0.15, 0.2) is 0 Å². The largest absolute Gasteiger partial charge is 0.453 e. The predicted octanol–water partition coefficient (Wildman–Crippen LogP) is 7.99.